The van der Waals surface area contributed by atoms with Crippen molar-refractivity contribution in [2.75, 3.05) is 7.05 Å². The van der Waals surface area contributed by atoms with Gasteiger partial charge in [0, 0.05) is 12.7 Å². The van der Waals surface area contributed by atoms with Crippen molar-refractivity contribution in [3.63, 3.8) is 0 Å². The van der Waals surface area contributed by atoms with E-state index in [2.05, 4.69) is 10.3 Å². The second-order valence-corrected chi connectivity index (χ2v) is 2.41. The molecule has 1 aromatic rings. The smallest absolute Gasteiger partial charge is 0.267 e. The number of hydrogen-bond acceptors (Lipinski definition) is 3. The van der Waals surface area contributed by atoms with E-state index in [1.165, 1.54) is 0 Å². The molecule has 0 radical (unpaired) electrons. The monoisotopic (exact) mass is 165 g/mol. The molecule has 1 heterocycles. The predicted molar refractivity (Wildman–Crippen MR) is 45.5 cm³/mol. The van der Waals surface area contributed by atoms with Gasteiger partial charge in [0.1, 0.15) is 5.69 Å². The zero-order valence-corrected chi connectivity index (χ0v) is 6.87. The minimum Gasteiger partial charge on any atom is -0.364 e. The van der Waals surface area contributed by atoms with Crippen LogP contribution in [-0.2, 0) is 6.54 Å². The van der Waals surface area contributed by atoms with Crippen LogP contribution in [0.15, 0.2) is 18.3 Å². The molecule has 1 amide bonds. The van der Waals surface area contributed by atoms with Crippen LogP contribution in [0.4, 0.5) is 0 Å². The lowest BCUT2D eigenvalue weighted by Gasteiger charge is -2.03. The lowest BCUT2D eigenvalue weighted by atomic mass is 10.2. The number of nitrogens with zero attached hydrogens (tertiary/aromatic N) is 1. The van der Waals surface area contributed by atoms with Gasteiger partial charge in [-0.2, -0.15) is 0 Å². The number of amides is 1. The molecule has 0 aliphatic rings. The van der Waals surface area contributed by atoms with E-state index >= 15 is 0 Å². The first-order chi connectivity index (χ1) is 5.75. The standard InChI is InChI=1S/C8H11N3O/c1-10-5-6-3-2-4-11-7(6)8(9)12/h2-4,10H,5H2,1H3,(H2,9,12). The van der Waals surface area contributed by atoms with Gasteiger partial charge < -0.3 is 11.1 Å². The zero-order valence-electron chi connectivity index (χ0n) is 6.87. The van der Waals surface area contributed by atoms with Gasteiger partial charge in [-0.05, 0) is 18.7 Å². The van der Waals surface area contributed by atoms with Gasteiger partial charge in [0.05, 0.1) is 0 Å². The van der Waals surface area contributed by atoms with Crippen molar-refractivity contribution in [3.8, 4) is 0 Å². The lowest BCUT2D eigenvalue weighted by molar-refractivity contribution is 0.0994. The molecule has 0 fully saturated rings. The van der Waals surface area contributed by atoms with Crippen LogP contribution in [0.5, 0.6) is 0 Å². The molecule has 0 atom stereocenters. The number of pyridine rings is 1. The fourth-order valence-corrected chi connectivity index (χ4v) is 0.994. The Labute approximate surface area is 70.8 Å². The summed E-state index contributed by atoms with van der Waals surface area (Å²) in [4.78, 5) is 14.7. The summed E-state index contributed by atoms with van der Waals surface area (Å²) < 4.78 is 0. The molecule has 0 aliphatic heterocycles. The lowest BCUT2D eigenvalue weighted by Crippen LogP contribution is -2.18. The number of nitrogens with one attached hydrogen (secondary N) is 1. The molecule has 1 rings (SSSR count). The van der Waals surface area contributed by atoms with Gasteiger partial charge in [0.15, 0.2) is 0 Å². The van der Waals surface area contributed by atoms with Crippen LogP contribution in [0.25, 0.3) is 0 Å². The normalized spacial score (nSPS) is 9.75. The number of hydrogen-bond donors (Lipinski definition) is 2. The summed E-state index contributed by atoms with van der Waals surface area (Å²) in [6.07, 6.45) is 1.55. The zero-order chi connectivity index (χ0) is 8.97. The van der Waals surface area contributed by atoms with E-state index in [0.29, 0.717) is 12.2 Å². The number of nitrogens with two attached hydrogens (primary N) is 1. The quantitative estimate of drug-likeness (QED) is 0.657. The molecule has 12 heavy (non-hydrogen) atoms. The number of aromatic nitrogens is 1. The molecule has 64 valence electrons. The summed E-state index contributed by atoms with van der Waals surface area (Å²) in [6, 6.07) is 3.60. The van der Waals surface area contributed by atoms with Gasteiger partial charge in [0.25, 0.3) is 5.91 Å². The van der Waals surface area contributed by atoms with E-state index < -0.39 is 5.91 Å². The molecule has 1 aromatic heterocycles. The maximum Gasteiger partial charge on any atom is 0.267 e. The molecule has 0 unspecified atom stereocenters. The highest BCUT2D eigenvalue weighted by Gasteiger charge is 2.06. The minimum atomic E-state index is -0.485. The first-order valence-corrected chi connectivity index (χ1v) is 3.64. The van der Waals surface area contributed by atoms with Crippen molar-refractivity contribution < 1.29 is 4.79 Å². The van der Waals surface area contributed by atoms with Crippen LogP contribution in [0.2, 0.25) is 0 Å². The van der Waals surface area contributed by atoms with Crippen LogP contribution in [0.3, 0.4) is 0 Å². The van der Waals surface area contributed by atoms with Gasteiger partial charge in [0.2, 0.25) is 0 Å². The molecular formula is C8H11N3O. The van der Waals surface area contributed by atoms with Crippen molar-refractivity contribution in [1.82, 2.24) is 10.3 Å². The van der Waals surface area contributed by atoms with Crippen molar-refractivity contribution in [3.05, 3.63) is 29.6 Å². The topological polar surface area (TPSA) is 68.0 Å². The number of carbonyl (C=O) groups excluding carboxylic acids is 1. The molecule has 3 N–H and O–H groups in total. The fraction of sp³-hybridized carbons (Fsp3) is 0.250. The van der Waals surface area contributed by atoms with E-state index in [1.54, 1.807) is 19.3 Å². The number of carbonyl (C=O) groups is 1. The summed E-state index contributed by atoms with van der Waals surface area (Å²) >= 11 is 0. The van der Waals surface area contributed by atoms with Crippen molar-refractivity contribution >= 4 is 5.91 Å². The van der Waals surface area contributed by atoms with Crippen LogP contribution >= 0.6 is 0 Å². The summed E-state index contributed by atoms with van der Waals surface area (Å²) in [5, 5.41) is 2.93. The van der Waals surface area contributed by atoms with Crippen LogP contribution in [-0.4, -0.2) is 17.9 Å². The number of primary amides is 1. The third-order valence-corrected chi connectivity index (χ3v) is 1.49. The van der Waals surface area contributed by atoms with Gasteiger partial charge in [-0.15, -0.1) is 0 Å². The Morgan fingerprint density at radius 3 is 3.08 bits per heavy atom. The predicted octanol–water partition coefficient (Wildman–Crippen LogP) is -0.100. The Hall–Kier alpha value is -1.42. The first kappa shape index (κ1) is 8.67. The highest BCUT2D eigenvalue weighted by Crippen LogP contribution is 2.03. The van der Waals surface area contributed by atoms with Gasteiger partial charge in [-0.1, -0.05) is 6.07 Å². The van der Waals surface area contributed by atoms with Gasteiger partial charge in [-0.3, -0.25) is 9.78 Å². The Bertz CT molecular complexity index is 285. The Morgan fingerprint density at radius 2 is 2.50 bits per heavy atom. The summed E-state index contributed by atoms with van der Waals surface area (Å²) in [7, 11) is 1.80. The second kappa shape index (κ2) is 3.82. The van der Waals surface area contributed by atoms with E-state index in [4.69, 9.17) is 5.73 Å². The molecule has 0 saturated carbocycles. The van der Waals surface area contributed by atoms with Gasteiger partial charge >= 0.3 is 0 Å². The maximum absolute atomic E-state index is 10.8. The van der Waals surface area contributed by atoms with E-state index in [9.17, 15) is 4.79 Å². The Morgan fingerprint density at radius 1 is 1.75 bits per heavy atom. The molecule has 4 nitrogen and oxygen atoms in total. The fourth-order valence-electron chi connectivity index (χ4n) is 0.994. The summed E-state index contributed by atoms with van der Waals surface area (Å²) in [5.74, 6) is -0.485. The summed E-state index contributed by atoms with van der Waals surface area (Å²) in [6.45, 7) is 0.603. The van der Waals surface area contributed by atoms with Crippen molar-refractivity contribution in [1.29, 1.82) is 0 Å². The van der Waals surface area contributed by atoms with Crippen molar-refractivity contribution in [2.45, 2.75) is 6.54 Å². The van der Waals surface area contributed by atoms with E-state index in [1.807, 2.05) is 6.07 Å². The molecule has 0 spiro atoms. The SMILES string of the molecule is CNCc1cccnc1C(N)=O. The first-order valence-electron chi connectivity index (χ1n) is 3.64. The molecule has 0 aliphatic carbocycles. The van der Waals surface area contributed by atoms with Crippen LogP contribution < -0.4 is 11.1 Å². The third-order valence-electron chi connectivity index (χ3n) is 1.49. The highest BCUT2D eigenvalue weighted by atomic mass is 16.1. The van der Waals surface area contributed by atoms with Crippen molar-refractivity contribution in [2.24, 2.45) is 5.73 Å². The maximum atomic E-state index is 10.8. The molecular weight excluding hydrogens is 154 g/mol. The Kier molecular flexibility index (Phi) is 2.76. The molecule has 0 aromatic carbocycles. The highest BCUT2D eigenvalue weighted by molar-refractivity contribution is 5.92. The van der Waals surface area contributed by atoms with Crippen LogP contribution in [0, 0.1) is 0 Å². The minimum absolute atomic E-state index is 0.340. The average molecular weight is 165 g/mol. The van der Waals surface area contributed by atoms with Crippen LogP contribution in [0.1, 0.15) is 16.1 Å². The number of rotatable bonds is 3. The average Bonchev–Trinajstić information content (AvgIpc) is 2.05. The largest absolute Gasteiger partial charge is 0.364 e. The molecule has 4 heteroatoms. The second-order valence-electron chi connectivity index (χ2n) is 2.41. The van der Waals surface area contributed by atoms with E-state index in [0.717, 1.165) is 5.56 Å². The van der Waals surface area contributed by atoms with Gasteiger partial charge in [-0.25, -0.2) is 0 Å². The molecule has 0 bridgehead atoms. The van der Waals surface area contributed by atoms with E-state index in [-0.39, 0.29) is 0 Å². The molecule has 0 saturated heterocycles. The third kappa shape index (κ3) is 1.79. The Balaban J connectivity index is 3.00. The summed E-state index contributed by atoms with van der Waals surface area (Å²) in [5.41, 5.74) is 6.28.